The smallest absolute Gasteiger partial charge is 0.0287 e. The Labute approximate surface area is 78.9 Å². The van der Waals surface area contributed by atoms with E-state index < -0.39 is 0 Å². The van der Waals surface area contributed by atoms with Gasteiger partial charge in [-0.3, -0.25) is 0 Å². The van der Waals surface area contributed by atoms with E-state index in [4.69, 9.17) is 5.73 Å². The van der Waals surface area contributed by atoms with Crippen molar-refractivity contribution in [3.05, 3.63) is 23.9 Å². The first-order valence-corrected chi connectivity index (χ1v) is 5.21. The fourth-order valence-corrected chi connectivity index (χ4v) is 3.24. The molecule has 2 aliphatic carbocycles. The highest BCUT2D eigenvalue weighted by atomic mass is 15.0. The summed E-state index contributed by atoms with van der Waals surface area (Å²) in [7, 11) is 0. The van der Waals surface area contributed by atoms with Crippen LogP contribution >= 0.6 is 0 Å². The molecule has 1 aliphatic heterocycles. The van der Waals surface area contributed by atoms with Crippen LogP contribution in [0, 0.1) is 17.8 Å². The van der Waals surface area contributed by atoms with E-state index in [-0.39, 0.29) is 0 Å². The largest absolute Gasteiger partial charge is 0.402 e. The van der Waals surface area contributed by atoms with Crippen LogP contribution < -0.4 is 11.1 Å². The minimum absolute atomic E-state index is 0.632. The van der Waals surface area contributed by atoms with E-state index in [2.05, 4.69) is 23.5 Å². The zero-order valence-corrected chi connectivity index (χ0v) is 7.74. The first kappa shape index (κ1) is 7.63. The maximum Gasteiger partial charge on any atom is 0.0287 e. The lowest BCUT2D eigenvalue weighted by molar-refractivity contribution is 0.272. The van der Waals surface area contributed by atoms with Gasteiger partial charge in [0.05, 0.1) is 0 Å². The van der Waals surface area contributed by atoms with Crippen LogP contribution in [0.4, 0.5) is 0 Å². The normalized spacial score (nSPS) is 47.2. The number of nitrogens with two attached hydrogens (primary N) is 1. The molecule has 1 heterocycles. The molecule has 13 heavy (non-hydrogen) atoms. The van der Waals surface area contributed by atoms with Gasteiger partial charge in [-0.05, 0) is 37.1 Å². The molecule has 4 atom stereocenters. The van der Waals surface area contributed by atoms with Crippen LogP contribution in [0.15, 0.2) is 23.9 Å². The van der Waals surface area contributed by atoms with Gasteiger partial charge in [0.1, 0.15) is 0 Å². The summed E-state index contributed by atoms with van der Waals surface area (Å²) >= 11 is 0. The summed E-state index contributed by atoms with van der Waals surface area (Å²) in [6.45, 7) is 1.16. The van der Waals surface area contributed by atoms with E-state index >= 15 is 0 Å². The van der Waals surface area contributed by atoms with Crippen molar-refractivity contribution >= 4 is 0 Å². The summed E-state index contributed by atoms with van der Waals surface area (Å²) < 4.78 is 0. The maximum atomic E-state index is 5.94. The number of rotatable bonds is 0. The molecule has 3 rings (SSSR count). The van der Waals surface area contributed by atoms with Crippen molar-refractivity contribution in [3.63, 3.8) is 0 Å². The molecule has 1 fully saturated rings. The highest BCUT2D eigenvalue weighted by molar-refractivity contribution is 5.20. The van der Waals surface area contributed by atoms with Crippen molar-refractivity contribution in [1.29, 1.82) is 0 Å². The van der Waals surface area contributed by atoms with Gasteiger partial charge in [-0.1, -0.05) is 18.2 Å². The molecule has 1 saturated heterocycles. The van der Waals surface area contributed by atoms with Gasteiger partial charge in [0.2, 0.25) is 0 Å². The van der Waals surface area contributed by atoms with Crippen molar-refractivity contribution in [2.45, 2.75) is 18.9 Å². The van der Waals surface area contributed by atoms with Crippen molar-refractivity contribution in [2.75, 3.05) is 6.54 Å². The maximum absolute atomic E-state index is 5.94. The lowest BCUT2D eigenvalue weighted by Gasteiger charge is -2.35. The molecule has 2 heteroatoms. The van der Waals surface area contributed by atoms with E-state index in [0.717, 1.165) is 30.5 Å². The molecule has 0 aromatic heterocycles. The fourth-order valence-electron chi connectivity index (χ4n) is 3.24. The fraction of sp³-hybridized carbons (Fsp3) is 0.636. The second-order valence-electron chi connectivity index (χ2n) is 4.54. The number of nitrogens with one attached hydrogen (secondary N) is 1. The molecule has 0 aromatic rings. The molecule has 0 spiro atoms. The molecule has 0 bridgehead atoms. The Morgan fingerprint density at radius 2 is 2.38 bits per heavy atom. The topological polar surface area (TPSA) is 38.0 Å². The van der Waals surface area contributed by atoms with Crippen molar-refractivity contribution in [1.82, 2.24) is 5.32 Å². The number of hydrogen-bond acceptors (Lipinski definition) is 2. The Balaban J connectivity index is 1.98. The van der Waals surface area contributed by atoms with Crippen molar-refractivity contribution < 1.29 is 0 Å². The zero-order chi connectivity index (χ0) is 8.84. The summed E-state index contributed by atoms with van der Waals surface area (Å²) in [6, 6.07) is 0.632. The van der Waals surface area contributed by atoms with Gasteiger partial charge in [-0.15, -0.1) is 0 Å². The summed E-state index contributed by atoms with van der Waals surface area (Å²) in [5, 5.41) is 3.57. The third kappa shape index (κ3) is 1.05. The monoisotopic (exact) mass is 176 g/mol. The van der Waals surface area contributed by atoms with Crippen LogP contribution in [0.1, 0.15) is 12.8 Å². The van der Waals surface area contributed by atoms with Crippen LogP contribution in [0.5, 0.6) is 0 Å². The minimum Gasteiger partial charge on any atom is -0.402 e. The Morgan fingerprint density at radius 3 is 3.31 bits per heavy atom. The van der Waals surface area contributed by atoms with Gasteiger partial charge in [0.15, 0.2) is 0 Å². The summed E-state index contributed by atoms with van der Waals surface area (Å²) in [4.78, 5) is 0. The second kappa shape index (κ2) is 2.61. The Hall–Kier alpha value is -0.760. The Morgan fingerprint density at radius 1 is 1.46 bits per heavy atom. The minimum atomic E-state index is 0.632. The molecular formula is C11H16N2. The van der Waals surface area contributed by atoms with E-state index in [9.17, 15) is 0 Å². The molecule has 0 amide bonds. The second-order valence-corrected chi connectivity index (χ2v) is 4.54. The summed E-state index contributed by atoms with van der Waals surface area (Å²) in [5.41, 5.74) is 7.05. The molecule has 3 N–H and O–H groups in total. The van der Waals surface area contributed by atoms with E-state index in [0.29, 0.717) is 12.0 Å². The summed E-state index contributed by atoms with van der Waals surface area (Å²) in [6.07, 6.45) is 9.25. The van der Waals surface area contributed by atoms with Gasteiger partial charge in [0, 0.05) is 11.7 Å². The van der Waals surface area contributed by atoms with Crippen molar-refractivity contribution in [3.8, 4) is 0 Å². The Kier molecular flexibility index (Phi) is 1.53. The lowest BCUT2D eigenvalue weighted by Crippen LogP contribution is -2.35. The number of allylic oxidation sites excluding steroid dienone is 3. The van der Waals surface area contributed by atoms with Crippen LogP contribution in [0.3, 0.4) is 0 Å². The molecule has 2 nitrogen and oxygen atoms in total. The number of hydrogen-bond donors (Lipinski definition) is 2. The standard InChI is InChI=1S/C11H16N2/c12-9-4-7-2-1-3-10-11(7)8(5-9)6-13-10/h1,3-4,7-8,10-11,13H,2,5-6,12H2. The average molecular weight is 176 g/mol. The SMILES string of the molecule is NC1=CC2CC=CC3NCC(C1)C23. The Bertz CT molecular complexity index is 280. The highest BCUT2D eigenvalue weighted by Gasteiger charge is 2.42. The first-order valence-electron chi connectivity index (χ1n) is 5.21. The van der Waals surface area contributed by atoms with Gasteiger partial charge >= 0.3 is 0 Å². The molecule has 70 valence electrons. The molecule has 0 aromatic carbocycles. The van der Waals surface area contributed by atoms with Gasteiger partial charge < -0.3 is 11.1 Å². The van der Waals surface area contributed by atoms with Gasteiger partial charge in [0.25, 0.3) is 0 Å². The molecule has 4 unspecified atom stereocenters. The van der Waals surface area contributed by atoms with E-state index in [1.54, 1.807) is 0 Å². The summed E-state index contributed by atoms with van der Waals surface area (Å²) in [5.74, 6) is 2.34. The van der Waals surface area contributed by atoms with Gasteiger partial charge in [-0.25, -0.2) is 0 Å². The van der Waals surface area contributed by atoms with Crippen LogP contribution in [0.25, 0.3) is 0 Å². The van der Waals surface area contributed by atoms with Crippen LogP contribution in [-0.4, -0.2) is 12.6 Å². The molecular weight excluding hydrogens is 160 g/mol. The third-order valence-corrected chi connectivity index (χ3v) is 3.75. The van der Waals surface area contributed by atoms with Crippen molar-refractivity contribution in [2.24, 2.45) is 23.5 Å². The van der Waals surface area contributed by atoms with Gasteiger partial charge in [-0.2, -0.15) is 0 Å². The van der Waals surface area contributed by atoms with Crippen LogP contribution in [0.2, 0.25) is 0 Å². The molecule has 3 aliphatic rings. The molecule has 0 saturated carbocycles. The predicted molar refractivity (Wildman–Crippen MR) is 52.9 cm³/mol. The highest BCUT2D eigenvalue weighted by Crippen LogP contribution is 2.42. The average Bonchev–Trinajstić information content (AvgIpc) is 2.50. The third-order valence-electron chi connectivity index (χ3n) is 3.75. The zero-order valence-electron chi connectivity index (χ0n) is 7.74. The first-order chi connectivity index (χ1) is 6.34. The quantitative estimate of drug-likeness (QED) is 0.541. The predicted octanol–water partition coefficient (Wildman–Crippen LogP) is 1.01. The van der Waals surface area contributed by atoms with E-state index in [1.807, 2.05) is 0 Å². The van der Waals surface area contributed by atoms with E-state index in [1.165, 1.54) is 6.42 Å². The van der Waals surface area contributed by atoms with Crippen LogP contribution in [-0.2, 0) is 0 Å². The lowest BCUT2D eigenvalue weighted by atomic mass is 9.70. The molecule has 0 radical (unpaired) electrons.